The summed E-state index contributed by atoms with van der Waals surface area (Å²) in [7, 11) is 0. The van der Waals surface area contributed by atoms with E-state index in [2.05, 4.69) is 5.32 Å². The van der Waals surface area contributed by atoms with Gasteiger partial charge in [-0.05, 0) is 18.6 Å². The summed E-state index contributed by atoms with van der Waals surface area (Å²) in [6.45, 7) is 2.21. The van der Waals surface area contributed by atoms with Gasteiger partial charge in [-0.1, -0.05) is 13.0 Å². The van der Waals surface area contributed by atoms with Gasteiger partial charge in [-0.3, -0.25) is 4.79 Å². The molecule has 0 heterocycles. The monoisotopic (exact) mass is 242 g/mol. The van der Waals surface area contributed by atoms with Gasteiger partial charge in [-0.15, -0.1) is 0 Å². The van der Waals surface area contributed by atoms with Gasteiger partial charge in [0.25, 0.3) is 0 Å². The molecule has 1 atom stereocenters. The molecule has 17 heavy (non-hydrogen) atoms. The first-order valence-corrected chi connectivity index (χ1v) is 5.49. The topological polar surface area (TPSA) is 55.1 Å². The summed E-state index contributed by atoms with van der Waals surface area (Å²) in [4.78, 5) is 11.4. The average molecular weight is 242 g/mol. The van der Waals surface area contributed by atoms with Crippen molar-refractivity contribution < 1.29 is 13.6 Å². The van der Waals surface area contributed by atoms with E-state index in [4.69, 9.17) is 5.73 Å². The Morgan fingerprint density at radius 2 is 2.00 bits per heavy atom. The molecule has 0 aliphatic carbocycles. The van der Waals surface area contributed by atoms with Crippen LogP contribution in [0, 0.1) is 11.6 Å². The third-order valence-electron chi connectivity index (χ3n) is 2.48. The zero-order chi connectivity index (χ0) is 12.8. The minimum Gasteiger partial charge on any atom is -0.354 e. The maximum absolute atomic E-state index is 13.2. The van der Waals surface area contributed by atoms with E-state index in [1.807, 2.05) is 6.92 Å². The zero-order valence-electron chi connectivity index (χ0n) is 9.67. The maximum atomic E-state index is 13.2. The molecule has 0 saturated heterocycles. The van der Waals surface area contributed by atoms with Crippen LogP contribution < -0.4 is 11.1 Å². The maximum Gasteiger partial charge on any atom is 0.224 e. The molecule has 1 amide bonds. The summed E-state index contributed by atoms with van der Waals surface area (Å²) in [5, 5.41) is 2.54. The number of amides is 1. The summed E-state index contributed by atoms with van der Waals surface area (Å²) >= 11 is 0. The van der Waals surface area contributed by atoms with Crippen LogP contribution >= 0.6 is 0 Å². The van der Waals surface area contributed by atoms with Crippen molar-refractivity contribution in [2.45, 2.75) is 25.8 Å². The molecular weight excluding hydrogens is 226 g/mol. The van der Waals surface area contributed by atoms with E-state index < -0.39 is 17.5 Å². The number of halogens is 2. The second-order valence-electron chi connectivity index (χ2n) is 3.85. The molecule has 0 aliphatic rings. The molecule has 0 fully saturated rings. The summed E-state index contributed by atoms with van der Waals surface area (Å²) in [6, 6.07) is 3.39. The predicted octanol–water partition coefficient (Wildman–Crippen LogP) is 1.36. The van der Waals surface area contributed by atoms with Crippen LogP contribution in [0.4, 0.5) is 8.78 Å². The van der Waals surface area contributed by atoms with Crippen LogP contribution in [0.25, 0.3) is 0 Å². The number of rotatable bonds is 5. The molecular formula is C12H16F2N2O. The highest BCUT2D eigenvalue weighted by Crippen LogP contribution is 2.12. The molecule has 1 unspecified atom stereocenters. The number of nitrogens with one attached hydrogen (secondary N) is 1. The van der Waals surface area contributed by atoms with Crippen LogP contribution in [0.1, 0.15) is 18.9 Å². The molecule has 5 heteroatoms. The van der Waals surface area contributed by atoms with Gasteiger partial charge in [0.2, 0.25) is 5.91 Å². The first-order chi connectivity index (χ1) is 8.04. The van der Waals surface area contributed by atoms with Crippen molar-refractivity contribution in [3.8, 4) is 0 Å². The fourth-order valence-electron chi connectivity index (χ4n) is 1.31. The smallest absolute Gasteiger partial charge is 0.224 e. The molecule has 1 aromatic carbocycles. The van der Waals surface area contributed by atoms with Crippen LogP contribution in [0.5, 0.6) is 0 Å². The Morgan fingerprint density at radius 1 is 1.41 bits per heavy atom. The highest BCUT2D eigenvalue weighted by atomic mass is 19.1. The van der Waals surface area contributed by atoms with Crippen molar-refractivity contribution in [3.05, 3.63) is 35.4 Å². The van der Waals surface area contributed by atoms with Crippen molar-refractivity contribution in [1.29, 1.82) is 0 Å². The Morgan fingerprint density at radius 3 is 2.53 bits per heavy atom. The van der Waals surface area contributed by atoms with E-state index in [9.17, 15) is 13.6 Å². The standard InChI is InChI=1S/C12H16F2N2O/c1-2-8(15)7-16-12(17)6-9-10(13)4-3-5-11(9)14/h3-5,8H,2,6-7,15H2,1H3,(H,16,17). The molecule has 3 N–H and O–H groups in total. The second-order valence-corrected chi connectivity index (χ2v) is 3.85. The Balaban J connectivity index is 2.56. The lowest BCUT2D eigenvalue weighted by Gasteiger charge is -2.10. The number of benzene rings is 1. The first kappa shape index (κ1) is 13.6. The molecule has 0 bridgehead atoms. The molecule has 1 rings (SSSR count). The molecule has 0 aliphatic heterocycles. The summed E-state index contributed by atoms with van der Waals surface area (Å²) in [6.07, 6.45) is 0.420. The van der Waals surface area contributed by atoms with Gasteiger partial charge in [0.1, 0.15) is 11.6 Å². The van der Waals surface area contributed by atoms with Gasteiger partial charge in [0.05, 0.1) is 6.42 Å². The second kappa shape index (κ2) is 6.30. The van der Waals surface area contributed by atoms with Gasteiger partial charge in [-0.2, -0.15) is 0 Å². The molecule has 3 nitrogen and oxygen atoms in total. The molecule has 0 aromatic heterocycles. The summed E-state index contributed by atoms with van der Waals surface area (Å²) in [5.74, 6) is -1.85. The minimum atomic E-state index is -0.708. The summed E-state index contributed by atoms with van der Waals surface area (Å²) in [5.41, 5.74) is 5.40. The fourth-order valence-corrected chi connectivity index (χ4v) is 1.31. The normalized spacial score (nSPS) is 12.2. The third-order valence-corrected chi connectivity index (χ3v) is 2.48. The van der Waals surface area contributed by atoms with Crippen molar-refractivity contribution in [2.24, 2.45) is 5.73 Å². The zero-order valence-corrected chi connectivity index (χ0v) is 9.67. The van der Waals surface area contributed by atoms with Crippen LogP contribution in [0.15, 0.2) is 18.2 Å². The summed E-state index contributed by atoms with van der Waals surface area (Å²) < 4.78 is 26.5. The Labute approximate surface area is 99.0 Å². The Bertz CT molecular complexity index is 376. The van der Waals surface area contributed by atoms with E-state index in [1.165, 1.54) is 6.07 Å². The van der Waals surface area contributed by atoms with Crippen molar-refractivity contribution in [3.63, 3.8) is 0 Å². The minimum absolute atomic E-state index is 0.135. The lowest BCUT2D eigenvalue weighted by atomic mass is 10.1. The van der Waals surface area contributed by atoms with Crippen molar-refractivity contribution >= 4 is 5.91 Å². The SMILES string of the molecule is CCC(N)CNC(=O)Cc1c(F)cccc1F. The molecule has 1 aromatic rings. The largest absolute Gasteiger partial charge is 0.354 e. The van der Waals surface area contributed by atoms with Gasteiger partial charge >= 0.3 is 0 Å². The van der Waals surface area contributed by atoms with E-state index in [0.717, 1.165) is 18.6 Å². The van der Waals surface area contributed by atoms with Crippen molar-refractivity contribution in [2.75, 3.05) is 6.54 Å². The lowest BCUT2D eigenvalue weighted by molar-refractivity contribution is -0.120. The van der Waals surface area contributed by atoms with Gasteiger partial charge in [-0.25, -0.2) is 8.78 Å². The molecule has 0 spiro atoms. The Hall–Kier alpha value is -1.49. The number of carbonyl (C=O) groups excluding carboxylic acids is 1. The molecule has 0 saturated carbocycles. The number of hydrogen-bond acceptors (Lipinski definition) is 2. The van der Waals surface area contributed by atoms with Gasteiger partial charge in [0.15, 0.2) is 0 Å². The molecule has 0 radical (unpaired) electrons. The van der Waals surface area contributed by atoms with Crippen LogP contribution in [-0.2, 0) is 11.2 Å². The van der Waals surface area contributed by atoms with Crippen molar-refractivity contribution in [1.82, 2.24) is 5.32 Å². The van der Waals surface area contributed by atoms with E-state index >= 15 is 0 Å². The van der Waals surface area contributed by atoms with Crippen LogP contribution in [0.3, 0.4) is 0 Å². The highest BCUT2D eigenvalue weighted by Gasteiger charge is 2.13. The molecule has 94 valence electrons. The van der Waals surface area contributed by atoms with E-state index in [1.54, 1.807) is 0 Å². The predicted molar refractivity (Wildman–Crippen MR) is 61.3 cm³/mol. The first-order valence-electron chi connectivity index (χ1n) is 5.49. The van der Waals surface area contributed by atoms with E-state index in [-0.39, 0.29) is 18.0 Å². The van der Waals surface area contributed by atoms with Gasteiger partial charge < -0.3 is 11.1 Å². The van der Waals surface area contributed by atoms with Crippen LogP contribution in [0.2, 0.25) is 0 Å². The lowest BCUT2D eigenvalue weighted by Crippen LogP contribution is -2.37. The third kappa shape index (κ3) is 4.11. The van der Waals surface area contributed by atoms with Crippen LogP contribution in [-0.4, -0.2) is 18.5 Å². The number of hydrogen-bond donors (Lipinski definition) is 2. The average Bonchev–Trinajstić information content (AvgIpc) is 2.31. The quantitative estimate of drug-likeness (QED) is 0.819. The van der Waals surface area contributed by atoms with Gasteiger partial charge in [0, 0.05) is 18.2 Å². The van der Waals surface area contributed by atoms with E-state index in [0.29, 0.717) is 6.54 Å². The number of nitrogens with two attached hydrogens (primary N) is 1. The highest BCUT2D eigenvalue weighted by molar-refractivity contribution is 5.78. The number of carbonyl (C=O) groups is 1. The Kier molecular flexibility index (Phi) is 5.03. The fraction of sp³-hybridized carbons (Fsp3) is 0.417.